The maximum atomic E-state index is 11.5. The van der Waals surface area contributed by atoms with Crippen LogP contribution in [0.1, 0.15) is 41.0 Å². The van der Waals surface area contributed by atoms with Crippen molar-refractivity contribution in [3.05, 3.63) is 0 Å². The van der Waals surface area contributed by atoms with Crippen LogP contribution in [0.2, 0.25) is 0 Å². The first-order chi connectivity index (χ1) is 6.76. The van der Waals surface area contributed by atoms with Crippen LogP contribution < -0.4 is 0 Å². The number of ether oxygens (including phenoxy) is 1. The largest absolute Gasteiger partial charge is 0.443 e. The molecular weight excluding hydrogens is 194 g/mol. The van der Waals surface area contributed by atoms with E-state index in [4.69, 9.17) is 4.74 Å². The lowest BCUT2D eigenvalue weighted by atomic mass is 10.1. The van der Waals surface area contributed by atoms with E-state index in [0.717, 1.165) is 11.3 Å². The molecule has 0 saturated carbocycles. The third-order valence-electron chi connectivity index (χ3n) is 1.70. The molecule has 4 nitrogen and oxygen atoms in total. The van der Waals surface area contributed by atoms with Gasteiger partial charge in [0, 0.05) is 6.54 Å². The predicted molar refractivity (Wildman–Crippen MR) is 58.5 cm³/mol. The van der Waals surface area contributed by atoms with Crippen LogP contribution in [-0.2, 0) is 9.53 Å². The smallest absolute Gasteiger partial charge is 0.416 e. The second kappa shape index (κ2) is 5.73. The van der Waals surface area contributed by atoms with Crippen molar-refractivity contribution in [1.82, 2.24) is 4.90 Å². The van der Waals surface area contributed by atoms with Gasteiger partial charge in [-0.25, -0.2) is 4.79 Å². The van der Waals surface area contributed by atoms with Crippen LogP contribution in [0.15, 0.2) is 0 Å². The topological polar surface area (TPSA) is 46.6 Å². The van der Waals surface area contributed by atoms with Crippen molar-refractivity contribution in [1.29, 1.82) is 0 Å². The minimum atomic E-state index is -0.571. The van der Waals surface area contributed by atoms with Crippen molar-refractivity contribution in [2.75, 3.05) is 6.54 Å². The molecule has 2 amide bonds. The number of carbonyl (C=O) groups excluding carboxylic acids is 2. The van der Waals surface area contributed by atoms with Crippen LogP contribution in [0.3, 0.4) is 0 Å². The zero-order valence-corrected chi connectivity index (χ0v) is 10.2. The van der Waals surface area contributed by atoms with Crippen LogP contribution in [-0.4, -0.2) is 29.5 Å². The molecule has 0 aliphatic carbocycles. The van der Waals surface area contributed by atoms with Gasteiger partial charge in [0.05, 0.1) is 0 Å². The molecule has 0 aliphatic rings. The summed E-state index contributed by atoms with van der Waals surface area (Å²) in [5.74, 6) is 0.454. The van der Waals surface area contributed by atoms with Crippen molar-refractivity contribution in [2.45, 2.75) is 46.6 Å². The monoisotopic (exact) mass is 215 g/mol. The quantitative estimate of drug-likeness (QED) is 0.677. The molecule has 0 unspecified atom stereocenters. The fraction of sp³-hybridized carbons (Fsp3) is 0.818. The van der Waals surface area contributed by atoms with Crippen molar-refractivity contribution in [3.8, 4) is 0 Å². The summed E-state index contributed by atoms with van der Waals surface area (Å²) in [6.45, 7) is 9.81. The SMILES string of the molecule is CC(C)CCN(C=O)C(=O)OC(C)(C)C. The Bertz CT molecular complexity index is 218. The maximum absolute atomic E-state index is 11.5. The number of rotatable bonds is 4. The normalized spacial score (nSPS) is 11.3. The van der Waals surface area contributed by atoms with Gasteiger partial charge < -0.3 is 4.74 Å². The van der Waals surface area contributed by atoms with Crippen LogP contribution in [0.5, 0.6) is 0 Å². The molecule has 0 aromatic carbocycles. The molecule has 4 heteroatoms. The van der Waals surface area contributed by atoms with Gasteiger partial charge in [-0.15, -0.1) is 0 Å². The number of hydrogen-bond donors (Lipinski definition) is 0. The van der Waals surface area contributed by atoms with E-state index >= 15 is 0 Å². The van der Waals surface area contributed by atoms with Crippen molar-refractivity contribution in [2.24, 2.45) is 5.92 Å². The molecule has 0 spiro atoms. The van der Waals surface area contributed by atoms with Gasteiger partial charge >= 0.3 is 6.09 Å². The molecule has 0 rings (SSSR count). The van der Waals surface area contributed by atoms with Crippen molar-refractivity contribution >= 4 is 12.5 Å². The Morgan fingerprint density at radius 2 is 1.93 bits per heavy atom. The maximum Gasteiger partial charge on any atom is 0.416 e. The van der Waals surface area contributed by atoms with Gasteiger partial charge in [0.15, 0.2) is 0 Å². The summed E-state index contributed by atoms with van der Waals surface area (Å²) in [5, 5.41) is 0. The number of imide groups is 1. The number of carbonyl (C=O) groups is 2. The standard InChI is InChI=1S/C11H21NO3/c1-9(2)6-7-12(8-13)10(14)15-11(3,4)5/h8-9H,6-7H2,1-5H3. The molecule has 0 radical (unpaired) electrons. The first-order valence-electron chi connectivity index (χ1n) is 5.21. The van der Waals surface area contributed by atoms with Gasteiger partial charge in [0.1, 0.15) is 5.60 Å². The molecular formula is C11H21NO3. The van der Waals surface area contributed by atoms with Crippen LogP contribution in [0.4, 0.5) is 4.79 Å². The molecule has 0 N–H and O–H groups in total. The summed E-state index contributed by atoms with van der Waals surface area (Å²) in [6.07, 6.45) is 0.743. The summed E-state index contributed by atoms with van der Waals surface area (Å²) >= 11 is 0. The van der Waals surface area contributed by atoms with E-state index in [0.29, 0.717) is 18.9 Å². The average Bonchev–Trinajstić information content (AvgIpc) is 2.01. The van der Waals surface area contributed by atoms with Gasteiger partial charge in [0.25, 0.3) is 0 Å². The molecule has 0 aromatic rings. The van der Waals surface area contributed by atoms with Gasteiger partial charge in [-0.05, 0) is 33.1 Å². The minimum absolute atomic E-state index is 0.413. The lowest BCUT2D eigenvalue weighted by molar-refractivity contribution is -0.117. The summed E-state index contributed by atoms with van der Waals surface area (Å²) in [6, 6.07) is 0. The Labute approximate surface area is 91.6 Å². The first kappa shape index (κ1) is 13.9. The highest BCUT2D eigenvalue weighted by Crippen LogP contribution is 2.10. The molecule has 0 fully saturated rings. The number of amides is 2. The predicted octanol–water partition coefficient (Wildman–Crippen LogP) is 2.43. The van der Waals surface area contributed by atoms with Gasteiger partial charge in [-0.3, -0.25) is 9.69 Å². The lowest BCUT2D eigenvalue weighted by Gasteiger charge is -2.24. The second-order valence-electron chi connectivity index (χ2n) is 4.96. The van der Waals surface area contributed by atoms with E-state index in [2.05, 4.69) is 0 Å². The lowest BCUT2D eigenvalue weighted by Crippen LogP contribution is -2.36. The molecule has 0 heterocycles. The van der Waals surface area contributed by atoms with Gasteiger partial charge in [-0.2, -0.15) is 0 Å². The zero-order chi connectivity index (χ0) is 12.1. The van der Waals surface area contributed by atoms with Crippen molar-refractivity contribution in [3.63, 3.8) is 0 Å². The van der Waals surface area contributed by atoms with Crippen LogP contribution in [0, 0.1) is 5.92 Å². The summed E-state index contributed by atoms with van der Waals surface area (Å²) in [7, 11) is 0. The molecule has 0 aliphatic heterocycles. The molecule has 0 atom stereocenters. The highest BCUT2D eigenvalue weighted by molar-refractivity contribution is 5.80. The Morgan fingerprint density at radius 1 is 1.40 bits per heavy atom. The average molecular weight is 215 g/mol. The highest BCUT2D eigenvalue weighted by Gasteiger charge is 2.21. The molecule has 0 bridgehead atoms. The van der Waals surface area contributed by atoms with Crippen LogP contribution >= 0.6 is 0 Å². The summed E-state index contributed by atoms with van der Waals surface area (Å²) < 4.78 is 5.08. The first-order valence-corrected chi connectivity index (χ1v) is 5.21. The van der Waals surface area contributed by atoms with E-state index in [1.807, 2.05) is 13.8 Å². The Hall–Kier alpha value is -1.06. The third-order valence-corrected chi connectivity index (χ3v) is 1.70. The minimum Gasteiger partial charge on any atom is -0.443 e. The third kappa shape index (κ3) is 6.94. The highest BCUT2D eigenvalue weighted by atomic mass is 16.6. The Kier molecular flexibility index (Phi) is 5.33. The molecule has 0 aromatic heterocycles. The Morgan fingerprint density at radius 3 is 2.27 bits per heavy atom. The summed E-state index contributed by atoms with van der Waals surface area (Å²) in [4.78, 5) is 23.2. The van der Waals surface area contributed by atoms with E-state index in [-0.39, 0.29) is 0 Å². The van der Waals surface area contributed by atoms with Crippen molar-refractivity contribution < 1.29 is 14.3 Å². The molecule has 15 heavy (non-hydrogen) atoms. The van der Waals surface area contributed by atoms with Crippen LogP contribution in [0.25, 0.3) is 0 Å². The second-order valence-corrected chi connectivity index (χ2v) is 4.96. The van der Waals surface area contributed by atoms with E-state index in [9.17, 15) is 9.59 Å². The van der Waals surface area contributed by atoms with Gasteiger partial charge in [0.2, 0.25) is 6.41 Å². The molecule has 88 valence electrons. The fourth-order valence-electron chi connectivity index (χ4n) is 0.905. The van der Waals surface area contributed by atoms with E-state index in [1.165, 1.54) is 0 Å². The molecule has 0 saturated heterocycles. The number of nitrogens with zero attached hydrogens (tertiary/aromatic N) is 1. The van der Waals surface area contributed by atoms with E-state index in [1.54, 1.807) is 20.8 Å². The summed E-state index contributed by atoms with van der Waals surface area (Å²) in [5.41, 5.74) is -0.559. The zero-order valence-electron chi connectivity index (χ0n) is 10.2. The fourth-order valence-corrected chi connectivity index (χ4v) is 0.905. The van der Waals surface area contributed by atoms with Gasteiger partial charge in [-0.1, -0.05) is 13.8 Å². The Balaban J connectivity index is 4.17. The van der Waals surface area contributed by atoms with E-state index < -0.39 is 11.7 Å². The number of hydrogen-bond acceptors (Lipinski definition) is 3.